The van der Waals surface area contributed by atoms with Crippen molar-refractivity contribution in [3.8, 4) is 0 Å². The largest absolute Gasteiger partial charge is 0.396 e. The third-order valence-corrected chi connectivity index (χ3v) is 4.24. The van der Waals surface area contributed by atoms with Gasteiger partial charge < -0.3 is 9.74 Å². The summed E-state index contributed by atoms with van der Waals surface area (Å²) < 4.78 is 22.4. The third-order valence-electron chi connectivity index (χ3n) is 2.50. The van der Waals surface area contributed by atoms with Crippen LogP contribution in [0.4, 0.5) is 0 Å². The van der Waals surface area contributed by atoms with Gasteiger partial charge in [-0.1, -0.05) is 5.16 Å². The second-order valence-electron chi connectivity index (χ2n) is 4.18. The van der Waals surface area contributed by atoms with Gasteiger partial charge in [-0.25, -0.2) is 8.42 Å². The lowest BCUT2D eigenvalue weighted by Crippen LogP contribution is -2.40. The van der Waals surface area contributed by atoms with Gasteiger partial charge in [0.2, 0.25) is 0 Å². The summed E-state index contributed by atoms with van der Waals surface area (Å²) in [5, 5.41) is 3.86. The molecule has 0 aliphatic carbocycles. The van der Waals surface area contributed by atoms with Crippen molar-refractivity contribution in [1.82, 2.24) is 4.90 Å². The Hall–Kier alpha value is -0.270. The third kappa shape index (κ3) is 6.90. The van der Waals surface area contributed by atoms with Crippen LogP contribution in [0.5, 0.6) is 0 Å². The van der Waals surface area contributed by atoms with Gasteiger partial charge in [0.1, 0.15) is 6.61 Å². The topological polar surface area (TPSA) is 59.0 Å². The second-order valence-corrected chi connectivity index (χ2v) is 7.29. The molecule has 5 nitrogen and oxygen atoms in total. The highest BCUT2D eigenvalue weighted by molar-refractivity contribution is 7.91. The molecule has 0 saturated carbocycles. The van der Waals surface area contributed by atoms with Crippen LogP contribution in [0.15, 0.2) is 5.16 Å². The summed E-state index contributed by atoms with van der Waals surface area (Å²) in [6.07, 6.45) is 2.49. The number of oxime groups is 1. The zero-order valence-electron chi connectivity index (χ0n) is 10.1. The van der Waals surface area contributed by atoms with Crippen LogP contribution < -0.4 is 0 Å². The summed E-state index contributed by atoms with van der Waals surface area (Å²) in [7, 11) is -2.77. The summed E-state index contributed by atoms with van der Waals surface area (Å²) in [5.41, 5.74) is 0. The quantitative estimate of drug-likeness (QED) is 0.332. The first-order chi connectivity index (χ1) is 7.99. The van der Waals surface area contributed by atoms with Crippen LogP contribution in [0.25, 0.3) is 0 Å². The molecular weight excluding hydrogens is 260 g/mol. The van der Waals surface area contributed by atoms with Crippen molar-refractivity contribution in [2.24, 2.45) is 5.16 Å². The maximum atomic E-state index is 11.2. The minimum absolute atomic E-state index is 0.0994. The Bertz CT molecular complexity index is 327. The predicted octanol–water partition coefficient (Wildman–Crippen LogP) is 0.428. The van der Waals surface area contributed by atoms with Crippen LogP contribution in [-0.4, -0.2) is 62.5 Å². The zero-order chi connectivity index (χ0) is 12.7. The van der Waals surface area contributed by atoms with Gasteiger partial charge in [0.05, 0.1) is 17.7 Å². The first-order valence-corrected chi connectivity index (χ1v) is 8.10. The summed E-state index contributed by atoms with van der Waals surface area (Å²) in [4.78, 5) is 7.20. The van der Waals surface area contributed by atoms with Gasteiger partial charge >= 0.3 is 0 Å². The minimum atomic E-state index is -2.77. The molecular formula is C10H20N2O3S2. The summed E-state index contributed by atoms with van der Waals surface area (Å²) >= 11 is 4.13. The Morgan fingerprint density at radius 3 is 2.71 bits per heavy atom. The average molecular weight is 280 g/mol. The van der Waals surface area contributed by atoms with E-state index in [2.05, 4.69) is 22.7 Å². The molecule has 1 aliphatic rings. The van der Waals surface area contributed by atoms with Crippen LogP contribution in [0, 0.1) is 0 Å². The molecule has 0 N–H and O–H groups in total. The highest BCUT2D eigenvalue weighted by Gasteiger charge is 2.20. The molecule has 0 aromatic carbocycles. The summed E-state index contributed by atoms with van der Waals surface area (Å²) in [5.74, 6) is 0.562. The Kier molecular flexibility index (Phi) is 6.29. The molecule has 1 saturated heterocycles. The molecule has 7 heteroatoms. The lowest BCUT2D eigenvalue weighted by atomic mass is 10.4. The molecule has 0 amide bonds. The molecule has 1 heterocycles. The van der Waals surface area contributed by atoms with E-state index in [4.69, 9.17) is 4.84 Å². The average Bonchev–Trinajstić information content (AvgIpc) is 2.25. The van der Waals surface area contributed by atoms with Crippen molar-refractivity contribution in [3.63, 3.8) is 0 Å². The molecule has 1 rings (SSSR count). The number of thiol groups is 1. The molecule has 0 aromatic rings. The molecule has 0 spiro atoms. The van der Waals surface area contributed by atoms with E-state index >= 15 is 0 Å². The van der Waals surface area contributed by atoms with E-state index in [0.29, 0.717) is 19.7 Å². The Morgan fingerprint density at radius 1 is 1.47 bits per heavy atom. The van der Waals surface area contributed by atoms with E-state index in [-0.39, 0.29) is 16.8 Å². The molecule has 17 heavy (non-hydrogen) atoms. The van der Waals surface area contributed by atoms with E-state index in [1.54, 1.807) is 6.21 Å². The molecule has 1 fully saturated rings. The molecule has 0 aromatic heterocycles. The Labute approximate surface area is 109 Å². The number of sulfone groups is 1. The van der Waals surface area contributed by atoms with Crippen LogP contribution in [0.3, 0.4) is 0 Å². The zero-order valence-corrected chi connectivity index (χ0v) is 11.8. The Balaban J connectivity index is 2.04. The molecule has 1 aliphatic heterocycles. The lowest BCUT2D eigenvalue weighted by Gasteiger charge is -2.26. The van der Waals surface area contributed by atoms with Gasteiger partial charge in [-0.15, -0.1) is 0 Å². The van der Waals surface area contributed by atoms with Gasteiger partial charge in [0.25, 0.3) is 0 Å². The lowest BCUT2D eigenvalue weighted by molar-refractivity contribution is 0.131. The fourth-order valence-corrected chi connectivity index (χ4v) is 2.84. The van der Waals surface area contributed by atoms with Gasteiger partial charge in [0, 0.05) is 24.9 Å². The second kappa shape index (κ2) is 7.23. The van der Waals surface area contributed by atoms with Crippen molar-refractivity contribution < 1.29 is 13.3 Å². The Morgan fingerprint density at radius 2 is 2.12 bits per heavy atom. The molecule has 1 unspecified atom stereocenters. The first-order valence-electron chi connectivity index (χ1n) is 5.76. The number of rotatable bonds is 6. The minimum Gasteiger partial charge on any atom is -0.396 e. The van der Waals surface area contributed by atoms with Gasteiger partial charge in [0.15, 0.2) is 9.84 Å². The van der Waals surface area contributed by atoms with Crippen LogP contribution >= 0.6 is 12.6 Å². The van der Waals surface area contributed by atoms with E-state index in [0.717, 1.165) is 13.0 Å². The first kappa shape index (κ1) is 14.8. The maximum absolute atomic E-state index is 11.2. The van der Waals surface area contributed by atoms with Crippen molar-refractivity contribution in [2.45, 2.75) is 18.6 Å². The smallest absolute Gasteiger partial charge is 0.152 e. The van der Waals surface area contributed by atoms with E-state index < -0.39 is 9.84 Å². The van der Waals surface area contributed by atoms with Gasteiger partial charge in [-0.3, -0.25) is 0 Å². The van der Waals surface area contributed by atoms with Gasteiger partial charge in [-0.05, 0) is 13.3 Å². The van der Waals surface area contributed by atoms with Crippen molar-refractivity contribution in [3.05, 3.63) is 0 Å². The van der Waals surface area contributed by atoms with Crippen LogP contribution in [-0.2, 0) is 14.7 Å². The van der Waals surface area contributed by atoms with Crippen molar-refractivity contribution in [1.29, 1.82) is 0 Å². The molecule has 0 radical (unpaired) electrons. The van der Waals surface area contributed by atoms with E-state index in [9.17, 15) is 8.42 Å². The van der Waals surface area contributed by atoms with Crippen molar-refractivity contribution in [2.75, 3.05) is 37.7 Å². The number of hydrogen-bond donors (Lipinski definition) is 1. The molecule has 1 atom stereocenters. The fourth-order valence-electron chi connectivity index (χ4n) is 1.51. The highest BCUT2D eigenvalue weighted by Crippen LogP contribution is 2.04. The maximum Gasteiger partial charge on any atom is 0.152 e. The number of nitrogens with zero attached hydrogens (tertiary/aromatic N) is 2. The highest BCUT2D eigenvalue weighted by atomic mass is 32.2. The van der Waals surface area contributed by atoms with E-state index in [1.807, 2.05) is 6.92 Å². The normalized spacial score (nSPS) is 22.7. The van der Waals surface area contributed by atoms with Crippen LogP contribution in [0.1, 0.15) is 13.3 Å². The van der Waals surface area contributed by atoms with Crippen LogP contribution in [0.2, 0.25) is 0 Å². The molecule has 0 bridgehead atoms. The standard InChI is InChI=1S/C10H20N2O3S2/c1-10(16)9-11-15-6-2-3-12-4-7-17(13,14)8-5-12/h9-10,16H,2-8H2,1H3/b11-9+. The van der Waals surface area contributed by atoms with E-state index in [1.165, 1.54) is 0 Å². The molecule has 100 valence electrons. The number of hydrogen-bond acceptors (Lipinski definition) is 6. The monoisotopic (exact) mass is 280 g/mol. The van der Waals surface area contributed by atoms with Gasteiger partial charge in [-0.2, -0.15) is 12.6 Å². The SMILES string of the molecule is CC(S)/C=N/OCCCN1CCS(=O)(=O)CC1. The summed E-state index contributed by atoms with van der Waals surface area (Å²) in [6, 6.07) is 0. The summed E-state index contributed by atoms with van der Waals surface area (Å²) in [6.45, 7) is 4.60. The fraction of sp³-hybridized carbons (Fsp3) is 0.900. The van der Waals surface area contributed by atoms with Crippen molar-refractivity contribution >= 4 is 28.7 Å². The predicted molar refractivity (Wildman–Crippen MR) is 72.6 cm³/mol.